The van der Waals surface area contributed by atoms with Crippen LogP contribution in [0.3, 0.4) is 0 Å². The van der Waals surface area contributed by atoms with Crippen LogP contribution in [-0.4, -0.2) is 29.8 Å². The largest absolute Gasteiger partial charge is 0.416 e. The molecule has 0 fully saturated rings. The predicted octanol–water partition coefficient (Wildman–Crippen LogP) is 8.34. The van der Waals surface area contributed by atoms with Crippen molar-refractivity contribution in [3.63, 3.8) is 0 Å². The van der Waals surface area contributed by atoms with E-state index in [1.54, 1.807) is 0 Å². The summed E-state index contributed by atoms with van der Waals surface area (Å²) >= 11 is 7.53. The highest BCUT2D eigenvalue weighted by Crippen LogP contribution is 2.38. The highest BCUT2D eigenvalue weighted by molar-refractivity contribution is 9.11. The monoisotopic (exact) mass is 550 g/mol. The fourth-order valence-electron chi connectivity index (χ4n) is 2.28. The molecule has 0 saturated carbocycles. The average molecular weight is 553 g/mol. The molecular formula is C22H40Br2O2Si2. The third-order valence-electron chi connectivity index (χ3n) is 6.50. The van der Waals surface area contributed by atoms with E-state index in [0.717, 1.165) is 35.0 Å². The lowest BCUT2D eigenvalue weighted by Gasteiger charge is -2.36. The highest BCUT2D eigenvalue weighted by Gasteiger charge is 2.37. The molecule has 0 bridgehead atoms. The van der Waals surface area contributed by atoms with E-state index in [4.69, 9.17) is 8.85 Å². The molecule has 0 saturated heterocycles. The van der Waals surface area contributed by atoms with Crippen LogP contribution >= 0.6 is 31.9 Å². The van der Waals surface area contributed by atoms with Gasteiger partial charge in [-0.05, 0) is 72.4 Å². The van der Waals surface area contributed by atoms with Gasteiger partial charge in [0.15, 0.2) is 16.6 Å². The average Bonchev–Trinajstić information content (AvgIpc) is 2.49. The Morgan fingerprint density at radius 1 is 0.679 bits per heavy atom. The number of halogens is 2. The first kappa shape index (κ1) is 26.6. The number of benzene rings is 1. The van der Waals surface area contributed by atoms with Crippen molar-refractivity contribution >= 4 is 48.5 Å². The zero-order valence-electron chi connectivity index (χ0n) is 19.6. The molecule has 0 heterocycles. The van der Waals surface area contributed by atoms with Gasteiger partial charge >= 0.3 is 0 Å². The smallest absolute Gasteiger partial charge is 0.191 e. The summed E-state index contributed by atoms with van der Waals surface area (Å²) in [6.45, 7) is 24.5. The molecule has 0 aliphatic heterocycles. The Morgan fingerprint density at radius 2 is 0.964 bits per heavy atom. The molecule has 1 aromatic carbocycles. The second-order valence-electron chi connectivity index (χ2n) is 10.8. The first-order valence-corrected chi connectivity index (χ1v) is 17.6. The Morgan fingerprint density at radius 3 is 1.21 bits per heavy atom. The third kappa shape index (κ3) is 7.34. The lowest BCUT2D eigenvalue weighted by Crippen LogP contribution is -2.41. The lowest BCUT2D eigenvalue weighted by molar-refractivity contribution is 0.290. The topological polar surface area (TPSA) is 18.5 Å². The Kier molecular flexibility index (Phi) is 9.27. The Bertz CT molecular complexity index is 602. The maximum atomic E-state index is 6.34. The highest BCUT2D eigenvalue weighted by atomic mass is 79.9. The van der Waals surface area contributed by atoms with Gasteiger partial charge in [-0.15, -0.1) is 0 Å². The standard InChI is InChI=1S/C22H40Br2O2Si2/c1-21(2,3)27(7,8)25-13-11-17-15-20(24)18(16-19(17)23)12-14-26-28(9,10)22(4,5)6/h15-16H,11-14H2,1-10H3. The Balaban J connectivity index is 2.70. The summed E-state index contributed by atoms with van der Waals surface area (Å²) in [4.78, 5) is 0. The molecule has 0 radical (unpaired) electrons. The molecule has 0 N–H and O–H groups in total. The summed E-state index contributed by atoms with van der Waals surface area (Å²) in [7, 11) is -3.38. The second-order valence-corrected chi connectivity index (χ2v) is 22.1. The molecule has 0 aliphatic rings. The Labute approximate surface area is 192 Å². The molecule has 1 aromatic rings. The van der Waals surface area contributed by atoms with Crippen molar-refractivity contribution in [1.82, 2.24) is 0 Å². The lowest BCUT2D eigenvalue weighted by atomic mass is 10.1. The minimum atomic E-state index is -1.69. The fraction of sp³-hybridized carbons (Fsp3) is 0.727. The fourth-order valence-corrected chi connectivity index (χ4v) is 5.55. The summed E-state index contributed by atoms with van der Waals surface area (Å²) in [5, 5.41) is 0.498. The van der Waals surface area contributed by atoms with Crippen LogP contribution in [0.4, 0.5) is 0 Å². The number of rotatable bonds is 8. The third-order valence-corrected chi connectivity index (χ3v) is 17.0. The van der Waals surface area contributed by atoms with Crippen molar-refractivity contribution in [2.45, 2.75) is 90.6 Å². The van der Waals surface area contributed by atoms with Crippen molar-refractivity contribution in [2.24, 2.45) is 0 Å². The van der Waals surface area contributed by atoms with Gasteiger partial charge in [0.25, 0.3) is 0 Å². The van der Waals surface area contributed by atoms with Gasteiger partial charge < -0.3 is 8.85 Å². The quantitative estimate of drug-likeness (QED) is 0.302. The molecule has 0 atom stereocenters. The van der Waals surface area contributed by atoms with E-state index in [1.165, 1.54) is 11.1 Å². The Hall–Kier alpha value is 0.534. The molecule has 0 spiro atoms. The molecule has 0 aliphatic carbocycles. The molecule has 0 amide bonds. The van der Waals surface area contributed by atoms with Crippen molar-refractivity contribution in [2.75, 3.05) is 13.2 Å². The van der Waals surface area contributed by atoms with Crippen molar-refractivity contribution < 1.29 is 8.85 Å². The van der Waals surface area contributed by atoms with E-state index >= 15 is 0 Å². The normalized spacial score (nSPS) is 13.9. The van der Waals surface area contributed by atoms with Crippen LogP contribution < -0.4 is 0 Å². The van der Waals surface area contributed by atoms with Crippen molar-refractivity contribution in [1.29, 1.82) is 0 Å². The van der Waals surface area contributed by atoms with Gasteiger partial charge in [0.05, 0.1) is 0 Å². The van der Waals surface area contributed by atoms with Crippen LogP contribution in [0.2, 0.25) is 36.3 Å². The minimum Gasteiger partial charge on any atom is -0.416 e. The van der Waals surface area contributed by atoms with E-state index in [-0.39, 0.29) is 10.1 Å². The van der Waals surface area contributed by atoms with E-state index in [2.05, 4.69) is 112 Å². The maximum Gasteiger partial charge on any atom is 0.191 e. The molecule has 0 unspecified atom stereocenters. The molecule has 1 rings (SSSR count). The van der Waals surface area contributed by atoms with Crippen LogP contribution in [0.25, 0.3) is 0 Å². The molecule has 6 heteroatoms. The summed E-state index contributed by atoms with van der Waals surface area (Å²) in [6.07, 6.45) is 1.85. The first-order valence-electron chi connectivity index (χ1n) is 10.2. The van der Waals surface area contributed by atoms with Crippen LogP contribution in [0, 0.1) is 0 Å². The summed E-state index contributed by atoms with van der Waals surface area (Å²) in [6, 6.07) is 4.47. The molecular weight excluding hydrogens is 512 g/mol. The SMILES string of the molecule is CC(C)(C)[Si](C)(C)OCCc1cc(Br)c(CCO[Si](C)(C)C(C)(C)C)cc1Br. The molecule has 162 valence electrons. The molecule has 28 heavy (non-hydrogen) atoms. The van der Waals surface area contributed by atoms with Gasteiger partial charge in [-0.3, -0.25) is 0 Å². The zero-order valence-corrected chi connectivity index (χ0v) is 24.7. The maximum absolute atomic E-state index is 6.34. The van der Waals surface area contributed by atoms with Gasteiger partial charge in [-0.2, -0.15) is 0 Å². The van der Waals surface area contributed by atoms with E-state index in [0.29, 0.717) is 0 Å². The molecule has 0 aromatic heterocycles. The van der Waals surface area contributed by atoms with Crippen LogP contribution in [-0.2, 0) is 21.7 Å². The predicted molar refractivity (Wildman–Crippen MR) is 136 cm³/mol. The van der Waals surface area contributed by atoms with E-state index < -0.39 is 16.6 Å². The first-order chi connectivity index (χ1) is 12.5. The summed E-state index contributed by atoms with van der Waals surface area (Å²) in [5.41, 5.74) is 2.58. The molecule has 2 nitrogen and oxygen atoms in total. The van der Waals surface area contributed by atoms with E-state index in [1.807, 2.05) is 0 Å². The van der Waals surface area contributed by atoms with Gasteiger partial charge in [-0.25, -0.2) is 0 Å². The minimum absolute atomic E-state index is 0.249. The van der Waals surface area contributed by atoms with Crippen LogP contribution in [0.1, 0.15) is 52.7 Å². The number of hydrogen-bond donors (Lipinski definition) is 0. The van der Waals surface area contributed by atoms with Gasteiger partial charge in [0, 0.05) is 22.2 Å². The van der Waals surface area contributed by atoms with Crippen molar-refractivity contribution in [3.05, 3.63) is 32.2 Å². The van der Waals surface area contributed by atoms with Crippen molar-refractivity contribution in [3.8, 4) is 0 Å². The van der Waals surface area contributed by atoms with Gasteiger partial charge in [-0.1, -0.05) is 73.4 Å². The van der Waals surface area contributed by atoms with Gasteiger partial charge in [0.2, 0.25) is 0 Å². The van der Waals surface area contributed by atoms with E-state index in [9.17, 15) is 0 Å². The van der Waals surface area contributed by atoms with Crippen LogP contribution in [0.5, 0.6) is 0 Å². The zero-order chi connectivity index (χ0) is 22.0. The van der Waals surface area contributed by atoms with Crippen LogP contribution in [0.15, 0.2) is 21.1 Å². The second kappa shape index (κ2) is 9.77. The summed E-state index contributed by atoms with van der Waals surface area (Å²) < 4.78 is 15.0. The summed E-state index contributed by atoms with van der Waals surface area (Å²) in [5.74, 6) is 0. The van der Waals surface area contributed by atoms with Gasteiger partial charge in [0.1, 0.15) is 0 Å². The number of hydrogen-bond acceptors (Lipinski definition) is 2.